The van der Waals surface area contributed by atoms with Crippen molar-refractivity contribution in [2.24, 2.45) is 0 Å². The van der Waals surface area contributed by atoms with Crippen molar-refractivity contribution in [1.82, 2.24) is 58.6 Å². The van der Waals surface area contributed by atoms with E-state index in [4.69, 9.17) is 41.7 Å². The molecule has 0 saturated carbocycles. The van der Waals surface area contributed by atoms with Crippen molar-refractivity contribution >= 4 is 225 Å². The summed E-state index contributed by atoms with van der Waals surface area (Å²) in [5.74, 6) is 1.59. The fraction of sp³-hybridized carbons (Fsp3) is 0.0250. The second-order valence-corrected chi connectivity index (χ2v) is 38.0. The van der Waals surface area contributed by atoms with Gasteiger partial charge in [0.25, 0.3) is 0 Å². The Kier molecular flexibility index (Phi) is 16.0. The van der Waals surface area contributed by atoms with Gasteiger partial charge < -0.3 is 4.57 Å². The van der Waals surface area contributed by atoms with Gasteiger partial charge in [0.15, 0.2) is 22.8 Å². The average molecular weight is 1780 g/mol. The van der Waals surface area contributed by atoms with Gasteiger partial charge in [0.05, 0.1) is 57.0 Å². The van der Waals surface area contributed by atoms with E-state index in [0.717, 1.165) is 88.1 Å². The van der Waals surface area contributed by atoms with Gasteiger partial charge in [0.1, 0.15) is 0 Å². The van der Waals surface area contributed by atoms with Crippen molar-refractivity contribution in [3.63, 3.8) is 0 Å². The van der Waals surface area contributed by atoms with Crippen LogP contribution in [0.15, 0.2) is 401 Å². The molecule has 30 rings (SSSR count). The minimum atomic E-state index is -0.452. The quantitative estimate of drug-likeness (QED) is 0.153. The summed E-state index contributed by atoms with van der Waals surface area (Å²) in [4.78, 5) is 44.8. The molecule has 0 radical (unpaired) electrons. The van der Waals surface area contributed by atoms with Crippen LogP contribution in [0.3, 0.4) is 0 Å². The lowest BCUT2D eigenvalue weighted by molar-refractivity contribution is 0.660. The molecule has 0 aliphatic heterocycles. The molecule has 0 fully saturated rings. The van der Waals surface area contributed by atoms with Crippen molar-refractivity contribution in [1.29, 1.82) is 0 Å². The Bertz CT molecular complexity index is 10400. The normalized spacial score (nSPS) is 13.1. The lowest BCUT2D eigenvalue weighted by atomic mass is 9.82. The van der Waals surface area contributed by atoms with Crippen LogP contribution in [-0.4, -0.2) is 58.6 Å². The zero-order valence-corrected chi connectivity index (χ0v) is 74.8. The summed E-state index contributed by atoms with van der Waals surface area (Å²) in [6.45, 7) is 4.64. The molecular formula is C120H72N12S3. The van der Waals surface area contributed by atoms with Crippen molar-refractivity contribution in [3.8, 4) is 73.9 Å². The maximum Gasteiger partial charge on any atom is 0.237 e. The SMILES string of the molecule is CC1(C)c2ccccc2-c2ccc(-c3nc(-c4cccc(-n5c6ccccc6c6c7sc8ccccc8c7c7ccccc7c65)c4)nc4ncccc34)cc21.[2H]c1c([2H])c([2H])c(-c2nc(-n3c4ccccc4c4c5c6ccccc6sc5c5ccccc5c43)nc3ncccc23)c([2H])c1[2H].c1ccc(-c2nc(-n3c4ccccc4c4c5c6ccccc6sc5c5ccccc5c43)nc3ncccc23)cc1. The highest BCUT2D eigenvalue weighted by Gasteiger charge is 2.36. The highest BCUT2D eigenvalue weighted by Crippen LogP contribution is 2.55. The van der Waals surface area contributed by atoms with Crippen LogP contribution in [0.4, 0.5) is 0 Å². The number of fused-ring (bicyclic) bond motifs is 36. The largest absolute Gasteiger partial charge is 0.309 e. The molecule has 12 nitrogen and oxygen atoms in total. The monoisotopic (exact) mass is 1780 g/mol. The first kappa shape index (κ1) is 71.8. The summed E-state index contributed by atoms with van der Waals surface area (Å²) in [5.41, 5.74) is 19.5. The van der Waals surface area contributed by atoms with Gasteiger partial charge in [0.2, 0.25) is 11.9 Å². The smallest absolute Gasteiger partial charge is 0.237 e. The Morgan fingerprint density at radius 2 is 0.667 bits per heavy atom. The first-order valence-electron chi connectivity index (χ1n) is 47.5. The molecule has 17 aromatic carbocycles. The third-order valence-corrected chi connectivity index (χ3v) is 30.8. The highest BCUT2D eigenvalue weighted by molar-refractivity contribution is 7.28. The molecule has 0 bridgehead atoms. The zero-order valence-electron chi connectivity index (χ0n) is 77.3. The molecule has 0 unspecified atom stereocenters. The first-order valence-corrected chi connectivity index (χ1v) is 47.4. The maximum absolute atomic E-state index is 8.75. The van der Waals surface area contributed by atoms with Crippen LogP contribution < -0.4 is 0 Å². The van der Waals surface area contributed by atoms with Gasteiger partial charge in [0, 0.05) is 188 Å². The summed E-state index contributed by atoms with van der Waals surface area (Å²) in [5, 5.41) is 24.2. The lowest BCUT2D eigenvalue weighted by Crippen LogP contribution is -2.15. The molecule has 12 aromatic heterocycles. The van der Waals surface area contributed by atoms with E-state index in [1.807, 2.05) is 88.0 Å². The number of thiophene rings is 3. The van der Waals surface area contributed by atoms with Gasteiger partial charge in [-0.25, -0.2) is 34.9 Å². The summed E-state index contributed by atoms with van der Waals surface area (Å²) in [6.07, 6.45) is 5.25. The Balaban J connectivity index is 0.000000104. The minimum absolute atomic E-state index is 0.0134. The molecule has 1 aliphatic carbocycles. The Hall–Kier alpha value is -17.0. The molecule has 135 heavy (non-hydrogen) atoms. The molecule has 630 valence electrons. The van der Waals surface area contributed by atoms with Crippen molar-refractivity contribution in [3.05, 3.63) is 412 Å². The standard InChI is InChI=1S/C50H32N4S.2C35H20N4S/c1-50(2)39-21-8-5-15-32(39)33-25-24-29(28-40(33)50)45-38-20-12-26-51-49(38)53-48(52-45)30-13-11-14-31(27-30)54-41-22-9-6-18-36(41)44-46(54)35-17-4-3-16-34(35)43-37-19-7-10-23-42(37)55-47(43)44;2*1-2-11-21(12-3-1)31-26-17-10-20-36-34(26)38-35(37-31)39-27-18-8-6-15-24(27)29-30-25-16-7-9-19-28(25)40-33(30)23-14-5-4-13-22(23)32(29)39/h3-28H,1-2H3;2*1-20H/i;1D,2D,3D,11D,12D;. The van der Waals surface area contributed by atoms with E-state index in [0.29, 0.717) is 40.0 Å². The molecule has 0 saturated heterocycles. The van der Waals surface area contributed by atoms with Crippen LogP contribution in [-0.2, 0) is 5.41 Å². The van der Waals surface area contributed by atoms with Crippen molar-refractivity contribution in [2.45, 2.75) is 19.3 Å². The van der Waals surface area contributed by atoms with Crippen LogP contribution in [0, 0.1) is 0 Å². The summed E-state index contributed by atoms with van der Waals surface area (Å²) in [7, 11) is 0. The van der Waals surface area contributed by atoms with E-state index >= 15 is 0 Å². The molecule has 0 spiro atoms. The number of aromatic nitrogens is 12. The molecule has 1 aliphatic rings. The molecule has 0 amide bonds. The topological polar surface area (TPSA) is 131 Å². The third-order valence-electron chi connectivity index (χ3n) is 27.2. The summed E-state index contributed by atoms with van der Waals surface area (Å²) in [6, 6.07) is 122. The van der Waals surface area contributed by atoms with Crippen LogP contribution in [0.2, 0.25) is 0 Å². The Morgan fingerprint density at radius 3 is 1.23 bits per heavy atom. The van der Waals surface area contributed by atoms with E-state index in [-0.39, 0.29) is 28.8 Å². The van der Waals surface area contributed by atoms with Crippen LogP contribution in [0.5, 0.6) is 0 Å². The zero-order chi connectivity index (χ0) is 93.2. The molecule has 12 heterocycles. The Labute approximate surface area is 790 Å². The van der Waals surface area contributed by atoms with E-state index in [1.165, 1.54) is 137 Å². The van der Waals surface area contributed by atoms with Crippen LogP contribution in [0.1, 0.15) is 31.8 Å². The van der Waals surface area contributed by atoms with E-state index in [9.17, 15) is 0 Å². The molecule has 0 atom stereocenters. The number of hydrogen-bond donors (Lipinski definition) is 0. The van der Waals surface area contributed by atoms with Crippen LogP contribution >= 0.6 is 34.0 Å². The highest BCUT2D eigenvalue weighted by atomic mass is 32.1. The van der Waals surface area contributed by atoms with Gasteiger partial charge in [-0.3, -0.25) is 9.13 Å². The average Bonchev–Trinajstić information content (AvgIpc) is 1.54. The van der Waals surface area contributed by atoms with Gasteiger partial charge >= 0.3 is 0 Å². The van der Waals surface area contributed by atoms with Gasteiger partial charge in [-0.1, -0.05) is 305 Å². The number of benzene rings is 17. The predicted octanol–water partition coefficient (Wildman–Crippen LogP) is 31.9. The first-order chi connectivity index (χ1) is 68.8. The summed E-state index contributed by atoms with van der Waals surface area (Å²) < 4.78 is 56.7. The Morgan fingerprint density at radius 1 is 0.259 bits per heavy atom. The van der Waals surface area contributed by atoms with Crippen LogP contribution in [0.25, 0.3) is 265 Å². The minimum Gasteiger partial charge on any atom is -0.309 e. The number of para-hydroxylation sites is 3. The number of nitrogens with zero attached hydrogens (tertiary/aromatic N) is 12. The predicted molar refractivity (Wildman–Crippen MR) is 566 cm³/mol. The number of hydrogen-bond acceptors (Lipinski definition) is 12. The second-order valence-electron chi connectivity index (χ2n) is 34.9. The molecular weight excluding hydrogens is 1710 g/mol. The van der Waals surface area contributed by atoms with Gasteiger partial charge in [-0.05, 0) is 119 Å². The lowest BCUT2D eigenvalue weighted by Gasteiger charge is -2.22. The van der Waals surface area contributed by atoms with E-state index in [2.05, 4.69) is 318 Å². The summed E-state index contributed by atoms with van der Waals surface area (Å²) >= 11 is 5.55. The fourth-order valence-electron chi connectivity index (χ4n) is 21.5. The fourth-order valence-corrected chi connectivity index (χ4v) is 25.2. The van der Waals surface area contributed by atoms with E-state index in [1.54, 1.807) is 35.9 Å². The van der Waals surface area contributed by atoms with Gasteiger partial charge in [-0.2, -0.15) is 9.97 Å². The molecule has 15 heteroatoms. The second kappa shape index (κ2) is 30.0. The van der Waals surface area contributed by atoms with Crippen molar-refractivity contribution < 1.29 is 6.85 Å². The number of rotatable bonds is 7. The van der Waals surface area contributed by atoms with Gasteiger partial charge in [-0.15, -0.1) is 34.0 Å². The van der Waals surface area contributed by atoms with Crippen molar-refractivity contribution in [2.75, 3.05) is 0 Å². The number of pyridine rings is 3. The molecule has 0 N–H and O–H groups in total. The molecule has 29 aromatic rings. The van der Waals surface area contributed by atoms with E-state index < -0.39 is 18.1 Å². The maximum atomic E-state index is 8.75. The third kappa shape index (κ3) is 11.6.